The van der Waals surface area contributed by atoms with Crippen LogP contribution in [0.15, 0.2) is 84.9 Å². The lowest BCUT2D eigenvalue weighted by atomic mass is 10.2. The van der Waals surface area contributed by atoms with Crippen LogP contribution in [0.2, 0.25) is 0 Å². The number of carbonyl (C=O) groups excluding carboxylic acids is 2. The van der Waals surface area contributed by atoms with Gasteiger partial charge in [0.25, 0.3) is 0 Å². The quantitative estimate of drug-likeness (QED) is 0.460. The van der Waals surface area contributed by atoms with Gasteiger partial charge in [0.15, 0.2) is 0 Å². The Bertz CT molecular complexity index is 966. The van der Waals surface area contributed by atoms with Gasteiger partial charge in [-0.05, 0) is 48.4 Å². The Balaban J connectivity index is 1.51. The first-order valence-corrected chi connectivity index (χ1v) is 10.1. The standard InChI is InChI=1S/C24H25FN4O2/c25-20-12-14-22(15-13-20)29(24(31)28-21-10-5-2-6-11-21)17-7-16-26-23(30)27-18-19-8-3-1-4-9-19/h1-6,8-15H,7,16-18H2,(H,28,31)(H2,26,27,30). The number of para-hydroxylation sites is 1. The van der Waals surface area contributed by atoms with Crippen molar-refractivity contribution in [3.8, 4) is 0 Å². The Morgan fingerprint density at radius 3 is 2.13 bits per heavy atom. The van der Waals surface area contributed by atoms with E-state index >= 15 is 0 Å². The fourth-order valence-electron chi connectivity index (χ4n) is 2.96. The molecule has 0 spiro atoms. The molecular weight excluding hydrogens is 395 g/mol. The molecule has 0 fully saturated rings. The molecule has 0 heterocycles. The largest absolute Gasteiger partial charge is 0.338 e. The van der Waals surface area contributed by atoms with E-state index in [1.165, 1.54) is 17.0 Å². The minimum Gasteiger partial charge on any atom is -0.338 e. The maximum absolute atomic E-state index is 13.3. The third-order valence-corrected chi connectivity index (χ3v) is 4.55. The zero-order valence-electron chi connectivity index (χ0n) is 17.1. The van der Waals surface area contributed by atoms with Crippen LogP contribution in [0.25, 0.3) is 0 Å². The molecule has 3 N–H and O–H groups in total. The molecule has 0 unspecified atom stereocenters. The van der Waals surface area contributed by atoms with E-state index in [2.05, 4.69) is 16.0 Å². The highest BCUT2D eigenvalue weighted by Crippen LogP contribution is 2.17. The molecule has 0 atom stereocenters. The first kappa shape index (κ1) is 21.8. The molecular formula is C24H25FN4O2. The van der Waals surface area contributed by atoms with E-state index in [1.807, 2.05) is 48.5 Å². The number of carbonyl (C=O) groups is 2. The number of nitrogens with one attached hydrogen (secondary N) is 3. The third-order valence-electron chi connectivity index (χ3n) is 4.55. The molecule has 0 aliphatic carbocycles. The number of hydrogen-bond acceptors (Lipinski definition) is 2. The molecule has 3 rings (SSSR count). The molecule has 31 heavy (non-hydrogen) atoms. The van der Waals surface area contributed by atoms with Crippen LogP contribution in [0.3, 0.4) is 0 Å². The Morgan fingerprint density at radius 2 is 1.45 bits per heavy atom. The summed E-state index contributed by atoms with van der Waals surface area (Å²) < 4.78 is 13.3. The summed E-state index contributed by atoms with van der Waals surface area (Å²) >= 11 is 0. The Hall–Kier alpha value is -3.87. The van der Waals surface area contributed by atoms with E-state index < -0.39 is 0 Å². The van der Waals surface area contributed by atoms with Crippen LogP contribution in [0.4, 0.5) is 25.4 Å². The normalized spacial score (nSPS) is 10.2. The van der Waals surface area contributed by atoms with Gasteiger partial charge in [-0.15, -0.1) is 0 Å². The monoisotopic (exact) mass is 420 g/mol. The molecule has 4 amide bonds. The van der Waals surface area contributed by atoms with Crippen LogP contribution in [0.5, 0.6) is 0 Å². The van der Waals surface area contributed by atoms with Gasteiger partial charge in [0, 0.05) is 31.0 Å². The molecule has 0 aliphatic rings. The molecule has 3 aromatic rings. The second kappa shape index (κ2) is 11.3. The predicted molar refractivity (Wildman–Crippen MR) is 121 cm³/mol. The van der Waals surface area contributed by atoms with E-state index in [4.69, 9.17) is 0 Å². The highest BCUT2D eigenvalue weighted by molar-refractivity contribution is 6.01. The molecule has 6 nitrogen and oxygen atoms in total. The van der Waals surface area contributed by atoms with Crippen LogP contribution < -0.4 is 20.9 Å². The maximum Gasteiger partial charge on any atom is 0.326 e. The lowest BCUT2D eigenvalue weighted by Gasteiger charge is -2.23. The summed E-state index contributed by atoms with van der Waals surface area (Å²) in [6.07, 6.45) is 0.526. The molecule has 7 heteroatoms. The topological polar surface area (TPSA) is 73.5 Å². The van der Waals surface area contributed by atoms with Gasteiger partial charge in [0.1, 0.15) is 5.82 Å². The van der Waals surface area contributed by atoms with Crippen molar-refractivity contribution in [1.29, 1.82) is 0 Å². The van der Waals surface area contributed by atoms with Gasteiger partial charge in [-0.25, -0.2) is 14.0 Å². The first-order chi connectivity index (χ1) is 15.1. The van der Waals surface area contributed by atoms with Gasteiger partial charge in [-0.3, -0.25) is 4.90 Å². The number of amides is 4. The van der Waals surface area contributed by atoms with Crippen molar-refractivity contribution in [2.45, 2.75) is 13.0 Å². The van der Waals surface area contributed by atoms with Gasteiger partial charge in [0.2, 0.25) is 0 Å². The number of nitrogens with zero attached hydrogens (tertiary/aromatic N) is 1. The van der Waals surface area contributed by atoms with Crippen molar-refractivity contribution in [2.24, 2.45) is 0 Å². The molecule has 0 saturated heterocycles. The van der Waals surface area contributed by atoms with E-state index in [9.17, 15) is 14.0 Å². The van der Waals surface area contributed by atoms with Crippen molar-refractivity contribution in [2.75, 3.05) is 23.3 Å². The molecule has 160 valence electrons. The van der Waals surface area contributed by atoms with Crippen LogP contribution in [-0.4, -0.2) is 25.2 Å². The number of halogens is 1. The van der Waals surface area contributed by atoms with Gasteiger partial charge in [-0.2, -0.15) is 0 Å². The predicted octanol–water partition coefficient (Wildman–Crippen LogP) is 4.75. The van der Waals surface area contributed by atoms with Crippen molar-refractivity contribution < 1.29 is 14.0 Å². The zero-order valence-corrected chi connectivity index (χ0v) is 17.1. The first-order valence-electron chi connectivity index (χ1n) is 10.1. The highest BCUT2D eigenvalue weighted by atomic mass is 19.1. The number of hydrogen-bond donors (Lipinski definition) is 3. The second-order valence-electron chi connectivity index (χ2n) is 6.87. The summed E-state index contributed by atoms with van der Waals surface area (Å²) in [5.41, 5.74) is 2.25. The second-order valence-corrected chi connectivity index (χ2v) is 6.87. The van der Waals surface area contributed by atoms with E-state index in [1.54, 1.807) is 24.3 Å². The summed E-state index contributed by atoms with van der Waals surface area (Å²) in [5, 5.41) is 8.42. The number of rotatable bonds is 8. The molecule has 3 aromatic carbocycles. The highest BCUT2D eigenvalue weighted by Gasteiger charge is 2.16. The van der Waals surface area contributed by atoms with Crippen molar-refractivity contribution >= 4 is 23.4 Å². The minimum atomic E-state index is -0.371. The van der Waals surface area contributed by atoms with Crippen LogP contribution >= 0.6 is 0 Å². The minimum absolute atomic E-state index is 0.272. The fourth-order valence-corrected chi connectivity index (χ4v) is 2.96. The van der Waals surface area contributed by atoms with Crippen molar-refractivity contribution in [3.05, 3.63) is 96.3 Å². The molecule has 0 saturated carbocycles. The number of anilines is 2. The Labute approximate surface area is 181 Å². The van der Waals surface area contributed by atoms with E-state index in [-0.39, 0.29) is 17.9 Å². The van der Waals surface area contributed by atoms with Crippen molar-refractivity contribution in [1.82, 2.24) is 10.6 Å². The van der Waals surface area contributed by atoms with E-state index in [0.717, 1.165) is 5.56 Å². The molecule has 0 aliphatic heterocycles. The van der Waals surface area contributed by atoms with Gasteiger partial charge >= 0.3 is 12.1 Å². The van der Waals surface area contributed by atoms with Crippen LogP contribution in [0.1, 0.15) is 12.0 Å². The smallest absolute Gasteiger partial charge is 0.326 e. The summed E-state index contributed by atoms with van der Waals surface area (Å²) in [6, 6.07) is 23.9. The van der Waals surface area contributed by atoms with Crippen LogP contribution in [0, 0.1) is 5.82 Å². The zero-order chi connectivity index (χ0) is 21.9. The maximum atomic E-state index is 13.3. The molecule has 0 aromatic heterocycles. The summed E-state index contributed by atoms with van der Waals surface area (Å²) in [6.45, 7) is 1.17. The van der Waals surface area contributed by atoms with Gasteiger partial charge in [-0.1, -0.05) is 48.5 Å². The lowest BCUT2D eigenvalue weighted by Crippen LogP contribution is -2.39. The third kappa shape index (κ3) is 7.15. The van der Waals surface area contributed by atoms with Gasteiger partial charge in [0.05, 0.1) is 0 Å². The average molecular weight is 420 g/mol. The lowest BCUT2D eigenvalue weighted by molar-refractivity contribution is 0.240. The Morgan fingerprint density at radius 1 is 0.806 bits per heavy atom. The number of urea groups is 2. The van der Waals surface area contributed by atoms with Crippen LogP contribution in [-0.2, 0) is 6.54 Å². The summed E-state index contributed by atoms with van der Waals surface area (Å²) in [5.74, 6) is -0.371. The van der Waals surface area contributed by atoms with Gasteiger partial charge < -0.3 is 16.0 Å². The van der Waals surface area contributed by atoms with Crippen molar-refractivity contribution in [3.63, 3.8) is 0 Å². The Kier molecular flexibility index (Phi) is 7.99. The molecule has 0 bridgehead atoms. The summed E-state index contributed by atoms with van der Waals surface area (Å²) in [4.78, 5) is 26.3. The SMILES string of the molecule is O=C(NCCCN(C(=O)Nc1ccccc1)c1ccc(F)cc1)NCc1ccccc1. The average Bonchev–Trinajstić information content (AvgIpc) is 2.80. The van der Waals surface area contributed by atoms with E-state index in [0.29, 0.717) is 37.4 Å². The summed E-state index contributed by atoms with van der Waals surface area (Å²) in [7, 11) is 0. The number of benzene rings is 3. The fraction of sp³-hybridized carbons (Fsp3) is 0.167. The molecule has 0 radical (unpaired) electrons.